The van der Waals surface area contributed by atoms with Gasteiger partial charge in [-0.15, -0.1) is 0 Å². The van der Waals surface area contributed by atoms with Crippen molar-refractivity contribution in [3.8, 4) is 17.0 Å². The fraction of sp³-hybridized carbons (Fsp3) is 0.280. The average molecular weight is 462 g/mol. The van der Waals surface area contributed by atoms with E-state index in [1.165, 1.54) is 0 Å². The number of nitrogens with two attached hydrogens (primary N) is 1. The molecule has 1 aromatic heterocycles. The minimum Gasteiger partial charge on any atom is -0.511 e. The second kappa shape index (κ2) is 7.26. The van der Waals surface area contributed by atoms with E-state index in [0.717, 1.165) is 0 Å². The van der Waals surface area contributed by atoms with Gasteiger partial charge in [0, 0.05) is 29.7 Å². The lowest BCUT2D eigenvalue weighted by molar-refractivity contribution is -0.144. The zero-order valence-electron chi connectivity index (χ0n) is 18.2. The van der Waals surface area contributed by atoms with E-state index in [4.69, 9.17) is 5.73 Å². The van der Waals surface area contributed by atoms with Crippen LogP contribution in [0.3, 0.4) is 0 Å². The Morgan fingerprint density at radius 1 is 1.18 bits per heavy atom. The standard InChI is InChI=1S/C25H22N2O7/c1-10-6-13(15-4-2-3-5-27-15)14-8-11-7-12-9-16(28)19(24(26)33)23(32)25(12,34)22(31)17(11)21(30)18(14)20(10)29/h2-6,11-12,28-29,31,34H,7-9H2,1H3,(H2,26,33)/t11-,12+,25+/m1/s1. The summed E-state index contributed by atoms with van der Waals surface area (Å²) < 4.78 is 0. The second-order valence-corrected chi connectivity index (χ2v) is 9.07. The summed E-state index contributed by atoms with van der Waals surface area (Å²) in [6.07, 6.45) is 1.67. The van der Waals surface area contributed by atoms with Crippen molar-refractivity contribution in [1.29, 1.82) is 0 Å². The first kappa shape index (κ1) is 21.8. The number of benzene rings is 1. The molecule has 1 aromatic carbocycles. The van der Waals surface area contributed by atoms with Crippen LogP contribution in [-0.2, 0) is 16.0 Å². The monoisotopic (exact) mass is 462 g/mol. The predicted molar refractivity (Wildman–Crippen MR) is 119 cm³/mol. The molecule has 6 N–H and O–H groups in total. The van der Waals surface area contributed by atoms with Crippen LogP contribution in [0.15, 0.2) is 53.1 Å². The molecule has 0 saturated heterocycles. The Bertz CT molecular complexity index is 1360. The largest absolute Gasteiger partial charge is 0.511 e. The minimum absolute atomic E-state index is 0.0164. The number of phenols is 1. The number of primary amides is 1. The third kappa shape index (κ3) is 2.76. The van der Waals surface area contributed by atoms with Gasteiger partial charge in [-0.2, -0.15) is 0 Å². The lowest BCUT2D eigenvalue weighted by Gasteiger charge is -2.45. The number of allylic oxidation sites excluding steroid dienone is 2. The van der Waals surface area contributed by atoms with Gasteiger partial charge < -0.3 is 26.2 Å². The van der Waals surface area contributed by atoms with Gasteiger partial charge in [-0.3, -0.25) is 19.4 Å². The molecule has 9 nitrogen and oxygen atoms in total. The molecule has 9 heteroatoms. The molecule has 0 spiro atoms. The number of Topliss-reactive ketones (excluding diaryl/α,β-unsaturated/α-hetero) is 2. The molecule has 0 unspecified atom stereocenters. The Labute approximate surface area is 193 Å². The molecule has 34 heavy (non-hydrogen) atoms. The third-order valence-electron chi connectivity index (χ3n) is 7.19. The number of ketones is 2. The van der Waals surface area contributed by atoms with Gasteiger partial charge in [0.15, 0.2) is 11.4 Å². The Morgan fingerprint density at radius 3 is 2.56 bits per heavy atom. The van der Waals surface area contributed by atoms with E-state index < -0.39 is 52.0 Å². The Balaban J connectivity index is 1.72. The summed E-state index contributed by atoms with van der Waals surface area (Å²) in [5.41, 5.74) is 3.91. The molecule has 0 radical (unpaired) electrons. The molecule has 0 aliphatic heterocycles. The number of pyridine rings is 1. The Hall–Kier alpha value is -3.98. The van der Waals surface area contributed by atoms with E-state index in [2.05, 4.69) is 4.98 Å². The van der Waals surface area contributed by atoms with Crippen LogP contribution in [0, 0.1) is 18.8 Å². The molecule has 3 atom stereocenters. The van der Waals surface area contributed by atoms with E-state index in [-0.39, 0.29) is 36.1 Å². The highest BCUT2D eigenvalue weighted by atomic mass is 16.3. The molecule has 5 rings (SSSR count). The summed E-state index contributed by atoms with van der Waals surface area (Å²) in [5, 5.41) is 43.4. The number of carbonyl (C=O) groups excluding carboxylic acids is 3. The number of aromatic nitrogens is 1. The van der Waals surface area contributed by atoms with E-state index in [0.29, 0.717) is 22.4 Å². The second-order valence-electron chi connectivity index (χ2n) is 9.07. The number of aryl methyl sites for hydroxylation is 1. The van der Waals surface area contributed by atoms with E-state index in [1.54, 1.807) is 37.4 Å². The number of aromatic hydroxyl groups is 1. The zero-order chi connectivity index (χ0) is 24.5. The van der Waals surface area contributed by atoms with Gasteiger partial charge in [-0.05, 0) is 55.0 Å². The van der Waals surface area contributed by atoms with Crippen LogP contribution < -0.4 is 5.73 Å². The lowest BCUT2D eigenvalue weighted by atomic mass is 9.60. The van der Waals surface area contributed by atoms with E-state index in [1.807, 2.05) is 0 Å². The SMILES string of the molecule is Cc1cc(-c2ccccn2)c2c(c1O)C(=O)C1=C(O)[C@]3(O)C(=O)C(C(N)=O)=C(O)C[C@@H]3C[C@@H]1C2. The lowest BCUT2D eigenvalue weighted by Crippen LogP contribution is -2.57. The Kier molecular flexibility index (Phi) is 4.66. The van der Waals surface area contributed by atoms with Crippen LogP contribution in [0.1, 0.15) is 34.3 Å². The van der Waals surface area contributed by atoms with Gasteiger partial charge in [0.25, 0.3) is 5.91 Å². The minimum atomic E-state index is -2.57. The quantitative estimate of drug-likeness (QED) is 0.421. The van der Waals surface area contributed by atoms with E-state index >= 15 is 0 Å². The summed E-state index contributed by atoms with van der Waals surface area (Å²) in [6.45, 7) is 1.64. The number of hydrogen-bond acceptors (Lipinski definition) is 8. The number of aliphatic hydroxyl groups is 3. The molecule has 2 aromatic rings. The van der Waals surface area contributed by atoms with Crippen LogP contribution in [-0.4, -0.2) is 48.5 Å². The molecule has 0 bridgehead atoms. The van der Waals surface area contributed by atoms with Gasteiger partial charge in [-0.1, -0.05) is 6.07 Å². The van der Waals surface area contributed by atoms with Crippen molar-refractivity contribution in [2.24, 2.45) is 17.6 Å². The van der Waals surface area contributed by atoms with Crippen molar-refractivity contribution < 1.29 is 34.8 Å². The summed E-state index contributed by atoms with van der Waals surface area (Å²) in [4.78, 5) is 42.8. The van der Waals surface area contributed by atoms with E-state index in [9.17, 15) is 34.8 Å². The van der Waals surface area contributed by atoms with Crippen molar-refractivity contribution in [2.75, 3.05) is 0 Å². The highest BCUT2D eigenvalue weighted by molar-refractivity contribution is 6.24. The van der Waals surface area contributed by atoms with Crippen molar-refractivity contribution in [2.45, 2.75) is 31.8 Å². The first-order chi connectivity index (χ1) is 16.1. The van der Waals surface area contributed by atoms with Crippen molar-refractivity contribution in [1.82, 2.24) is 4.98 Å². The molecule has 1 heterocycles. The smallest absolute Gasteiger partial charge is 0.255 e. The van der Waals surface area contributed by atoms with Gasteiger partial charge in [-0.25, -0.2) is 0 Å². The van der Waals surface area contributed by atoms with Gasteiger partial charge in [0.05, 0.1) is 11.3 Å². The Morgan fingerprint density at radius 2 is 1.91 bits per heavy atom. The van der Waals surface area contributed by atoms with Crippen LogP contribution in [0.4, 0.5) is 0 Å². The van der Waals surface area contributed by atoms with Crippen LogP contribution in [0.25, 0.3) is 11.3 Å². The highest BCUT2D eigenvalue weighted by Gasteiger charge is 2.59. The fourth-order valence-electron chi connectivity index (χ4n) is 5.57. The number of phenolic OH excluding ortho intramolecular Hbond substituents is 1. The molecule has 1 amide bonds. The first-order valence-corrected chi connectivity index (χ1v) is 10.8. The van der Waals surface area contributed by atoms with Crippen molar-refractivity contribution >= 4 is 17.5 Å². The molecular weight excluding hydrogens is 440 g/mol. The number of hydrogen-bond donors (Lipinski definition) is 5. The first-order valence-electron chi connectivity index (χ1n) is 10.8. The topological polar surface area (TPSA) is 171 Å². The third-order valence-corrected chi connectivity index (χ3v) is 7.19. The fourth-order valence-corrected chi connectivity index (χ4v) is 5.57. The summed E-state index contributed by atoms with van der Waals surface area (Å²) >= 11 is 0. The molecule has 3 aliphatic rings. The van der Waals surface area contributed by atoms with Gasteiger partial charge in [0.1, 0.15) is 22.8 Å². The number of carbonyl (C=O) groups is 3. The zero-order valence-corrected chi connectivity index (χ0v) is 18.2. The number of amides is 1. The highest BCUT2D eigenvalue weighted by Crippen LogP contribution is 2.52. The maximum atomic E-state index is 13.6. The maximum Gasteiger partial charge on any atom is 0.255 e. The van der Waals surface area contributed by atoms with Gasteiger partial charge >= 0.3 is 0 Å². The number of fused-ring (bicyclic) bond motifs is 3. The van der Waals surface area contributed by atoms with Crippen LogP contribution >= 0.6 is 0 Å². The molecule has 0 saturated carbocycles. The summed E-state index contributed by atoms with van der Waals surface area (Å²) in [7, 11) is 0. The molecular formula is C25H22N2O7. The maximum absolute atomic E-state index is 13.6. The van der Waals surface area contributed by atoms with Crippen molar-refractivity contribution in [3.63, 3.8) is 0 Å². The van der Waals surface area contributed by atoms with Crippen molar-refractivity contribution in [3.05, 3.63) is 69.8 Å². The molecule has 174 valence electrons. The van der Waals surface area contributed by atoms with Gasteiger partial charge in [0.2, 0.25) is 5.78 Å². The number of nitrogens with zero attached hydrogens (tertiary/aromatic N) is 1. The normalized spacial score (nSPS) is 26.2. The average Bonchev–Trinajstić information content (AvgIpc) is 2.79. The predicted octanol–water partition coefficient (Wildman–Crippen LogP) is 1.95. The summed E-state index contributed by atoms with van der Waals surface area (Å²) in [5.74, 6) is -6.40. The number of rotatable bonds is 2. The molecule has 3 aliphatic carbocycles. The summed E-state index contributed by atoms with van der Waals surface area (Å²) in [6, 6.07) is 7.09. The van der Waals surface area contributed by atoms with Crippen LogP contribution in [0.2, 0.25) is 0 Å². The molecule has 0 fully saturated rings. The number of aliphatic hydroxyl groups excluding tert-OH is 2. The van der Waals surface area contributed by atoms with Crippen LogP contribution in [0.5, 0.6) is 5.75 Å².